The fourth-order valence-corrected chi connectivity index (χ4v) is 2.52. The predicted molar refractivity (Wildman–Crippen MR) is 65.3 cm³/mol. The summed E-state index contributed by atoms with van der Waals surface area (Å²) in [5, 5.41) is 0. The van der Waals surface area contributed by atoms with Crippen LogP contribution < -0.4 is 5.73 Å². The molecule has 5 heteroatoms. The fourth-order valence-electron chi connectivity index (χ4n) is 1.29. The Kier molecular flexibility index (Phi) is 4.46. The van der Waals surface area contributed by atoms with Gasteiger partial charge in [-0.2, -0.15) is 0 Å². The molecule has 0 aliphatic rings. The van der Waals surface area contributed by atoms with Crippen molar-refractivity contribution < 1.29 is 8.42 Å². The van der Waals surface area contributed by atoms with Crippen LogP contribution >= 0.6 is 0 Å². The van der Waals surface area contributed by atoms with Gasteiger partial charge in [-0.15, -0.1) is 0 Å². The summed E-state index contributed by atoms with van der Waals surface area (Å²) < 4.78 is 24.9. The second kappa shape index (κ2) is 5.43. The first-order valence-corrected chi connectivity index (χ1v) is 6.82. The molecule has 90 valence electrons. The molecule has 2 N–H and O–H groups in total. The zero-order valence-electron chi connectivity index (χ0n) is 9.68. The van der Waals surface area contributed by atoms with Crippen LogP contribution in [0, 0.1) is 0 Å². The number of hydrogen-bond donors (Lipinski definition) is 1. The average Bonchev–Trinajstić information content (AvgIpc) is 2.28. The van der Waals surface area contributed by atoms with Crippen LogP contribution in [0.4, 0.5) is 0 Å². The van der Waals surface area contributed by atoms with Crippen molar-refractivity contribution in [3.8, 4) is 0 Å². The molecule has 1 rings (SSSR count). The Hall–Kier alpha value is -0.910. The molecule has 0 aliphatic heterocycles. The van der Waals surface area contributed by atoms with E-state index >= 15 is 0 Å². The lowest BCUT2D eigenvalue weighted by Crippen LogP contribution is -2.27. The van der Waals surface area contributed by atoms with Crippen LogP contribution in [-0.4, -0.2) is 26.3 Å². The van der Waals surface area contributed by atoms with Crippen LogP contribution in [0.15, 0.2) is 24.3 Å². The van der Waals surface area contributed by atoms with Gasteiger partial charge in [0.25, 0.3) is 0 Å². The number of hydrogen-bond acceptors (Lipinski definition) is 3. The van der Waals surface area contributed by atoms with Gasteiger partial charge in [0.15, 0.2) is 0 Å². The minimum atomic E-state index is -3.18. The quantitative estimate of drug-likeness (QED) is 0.835. The first-order valence-electron chi connectivity index (χ1n) is 5.21. The normalized spacial score (nSPS) is 12.0. The molecular weight excluding hydrogens is 224 g/mol. The van der Waals surface area contributed by atoms with Crippen LogP contribution in [0.3, 0.4) is 0 Å². The largest absolute Gasteiger partial charge is 0.326 e. The second-order valence-electron chi connectivity index (χ2n) is 3.69. The van der Waals surface area contributed by atoms with E-state index in [1.807, 2.05) is 31.2 Å². The standard InChI is InChI=1S/C11H18N2O2S/c1-3-13(2)16(14,15)9-11-6-4-10(8-12)5-7-11/h4-7H,3,8-9,12H2,1-2H3. The van der Waals surface area contributed by atoms with Crippen LogP contribution in [0.25, 0.3) is 0 Å². The highest BCUT2D eigenvalue weighted by Crippen LogP contribution is 2.10. The van der Waals surface area contributed by atoms with Crippen molar-refractivity contribution in [2.75, 3.05) is 13.6 Å². The van der Waals surface area contributed by atoms with E-state index in [-0.39, 0.29) is 5.75 Å². The highest BCUT2D eigenvalue weighted by molar-refractivity contribution is 7.88. The molecular formula is C11H18N2O2S. The highest BCUT2D eigenvalue weighted by Gasteiger charge is 2.16. The van der Waals surface area contributed by atoms with Crippen molar-refractivity contribution in [3.05, 3.63) is 35.4 Å². The topological polar surface area (TPSA) is 63.4 Å². The lowest BCUT2D eigenvalue weighted by Gasteiger charge is -2.14. The first kappa shape index (κ1) is 13.2. The Bertz CT molecular complexity index is 426. The van der Waals surface area contributed by atoms with E-state index in [9.17, 15) is 8.42 Å². The Morgan fingerprint density at radius 3 is 2.12 bits per heavy atom. The second-order valence-corrected chi connectivity index (χ2v) is 5.77. The van der Waals surface area contributed by atoms with Gasteiger partial charge in [-0.05, 0) is 11.1 Å². The van der Waals surface area contributed by atoms with Crippen molar-refractivity contribution in [1.82, 2.24) is 4.31 Å². The van der Waals surface area contributed by atoms with Crippen LogP contribution in [0.5, 0.6) is 0 Å². The van der Waals surface area contributed by atoms with Gasteiger partial charge in [0.2, 0.25) is 10.0 Å². The first-order chi connectivity index (χ1) is 7.49. The summed E-state index contributed by atoms with van der Waals surface area (Å²) in [5.74, 6) is 0.0438. The summed E-state index contributed by atoms with van der Waals surface area (Å²) in [6, 6.07) is 7.33. The number of sulfonamides is 1. The summed E-state index contributed by atoms with van der Waals surface area (Å²) in [7, 11) is -1.59. The predicted octanol–water partition coefficient (Wildman–Crippen LogP) is 0.927. The molecule has 0 saturated carbocycles. The van der Waals surface area contributed by atoms with Crippen molar-refractivity contribution in [1.29, 1.82) is 0 Å². The lowest BCUT2D eigenvalue weighted by molar-refractivity contribution is 0.485. The molecule has 0 fully saturated rings. The van der Waals surface area contributed by atoms with Gasteiger partial charge in [-0.1, -0.05) is 31.2 Å². The van der Waals surface area contributed by atoms with Gasteiger partial charge in [-0.3, -0.25) is 0 Å². The molecule has 0 aromatic heterocycles. The monoisotopic (exact) mass is 242 g/mol. The maximum Gasteiger partial charge on any atom is 0.218 e. The van der Waals surface area contributed by atoms with E-state index in [0.717, 1.165) is 11.1 Å². The Balaban J connectivity index is 2.80. The third-order valence-corrected chi connectivity index (χ3v) is 4.43. The average molecular weight is 242 g/mol. The highest BCUT2D eigenvalue weighted by atomic mass is 32.2. The van der Waals surface area contributed by atoms with Crippen molar-refractivity contribution >= 4 is 10.0 Å². The molecule has 0 bridgehead atoms. The summed E-state index contributed by atoms with van der Waals surface area (Å²) in [6.45, 7) is 2.78. The van der Waals surface area contributed by atoms with E-state index < -0.39 is 10.0 Å². The minimum absolute atomic E-state index is 0.0438. The van der Waals surface area contributed by atoms with Gasteiger partial charge in [0.1, 0.15) is 0 Å². The van der Waals surface area contributed by atoms with E-state index in [1.165, 1.54) is 4.31 Å². The molecule has 0 aliphatic carbocycles. The van der Waals surface area contributed by atoms with E-state index in [1.54, 1.807) is 7.05 Å². The fraction of sp³-hybridized carbons (Fsp3) is 0.455. The third kappa shape index (κ3) is 3.30. The van der Waals surface area contributed by atoms with E-state index in [4.69, 9.17) is 5.73 Å². The zero-order chi connectivity index (χ0) is 12.2. The molecule has 1 aromatic carbocycles. The maximum absolute atomic E-state index is 11.8. The molecule has 0 amide bonds. The molecule has 4 nitrogen and oxygen atoms in total. The summed E-state index contributed by atoms with van der Waals surface area (Å²) in [4.78, 5) is 0. The van der Waals surface area contributed by atoms with Crippen molar-refractivity contribution in [2.24, 2.45) is 5.73 Å². The molecule has 16 heavy (non-hydrogen) atoms. The molecule has 0 saturated heterocycles. The minimum Gasteiger partial charge on any atom is -0.326 e. The molecule has 0 radical (unpaired) electrons. The Labute approximate surface area is 97.1 Å². The van der Waals surface area contributed by atoms with Gasteiger partial charge in [0, 0.05) is 20.1 Å². The number of rotatable bonds is 5. The van der Waals surface area contributed by atoms with Crippen LogP contribution in [-0.2, 0) is 22.3 Å². The number of benzene rings is 1. The molecule has 0 atom stereocenters. The summed E-state index contributed by atoms with van der Waals surface area (Å²) >= 11 is 0. The summed E-state index contributed by atoms with van der Waals surface area (Å²) in [6.07, 6.45) is 0. The zero-order valence-corrected chi connectivity index (χ0v) is 10.5. The molecule has 1 aromatic rings. The van der Waals surface area contributed by atoms with Gasteiger partial charge in [0.05, 0.1) is 5.75 Å². The lowest BCUT2D eigenvalue weighted by atomic mass is 10.1. The van der Waals surface area contributed by atoms with Gasteiger partial charge < -0.3 is 5.73 Å². The molecule has 0 heterocycles. The number of nitrogens with two attached hydrogens (primary N) is 1. The van der Waals surface area contributed by atoms with Crippen molar-refractivity contribution in [2.45, 2.75) is 19.2 Å². The third-order valence-electron chi connectivity index (χ3n) is 2.53. The smallest absolute Gasteiger partial charge is 0.218 e. The number of nitrogens with zero attached hydrogens (tertiary/aromatic N) is 1. The Morgan fingerprint density at radius 2 is 1.69 bits per heavy atom. The summed E-state index contributed by atoms with van der Waals surface area (Å²) in [5.41, 5.74) is 7.26. The SMILES string of the molecule is CCN(C)S(=O)(=O)Cc1ccc(CN)cc1. The van der Waals surface area contributed by atoms with Crippen LogP contribution in [0.2, 0.25) is 0 Å². The molecule has 0 unspecified atom stereocenters. The van der Waals surface area contributed by atoms with E-state index in [2.05, 4.69) is 0 Å². The van der Waals surface area contributed by atoms with E-state index in [0.29, 0.717) is 13.1 Å². The maximum atomic E-state index is 11.8. The van der Waals surface area contributed by atoms with Gasteiger partial charge in [-0.25, -0.2) is 12.7 Å². The van der Waals surface area contributed by atoms with Crippen LogP contribution in [0.1, 0.15) is 18.1 Å². The Morgan fingerprint density at radius 1 is 1.19 bits per heavy atom. The van der Waals surface area contributed by atoms with Crippen molar-refractivity contribution in [3.63, 3.8) is 0 Å². The van der Waals surface area contributed by atoms with Gasteiger partial charge >= 0.3 is 0 Å². The molecule has 0 spiro atoms.